The smallest absolute Gasteiger partial charge is 0.306 e. The molecule has 1 fully saturated rings. The van der Waals surface area contributed by atoms with E-state index in [4.69, 9.17) is 18.9 Å². The summed E-state index contributed by atoms with van der Waals surface area (Å²) in [5, 5.41) is 40.1. The Morgan fingerprint density at radius 1 is 0.552 bits per heavy atom. The third kappa shape index (κ3) is 31.1. The van der Waals surface area contributed by atoms with Gasteiger partial charge in [0, 0.05) is 13.0 Å². The highest BCUT2D eigenvalue weighted by Crippen LogP contribution is 2.22. The van der Waals surface area contributed by atoms with Crippen LogP contribution in [0.25, 0.3) is 0 Å². The summed E-state index contributed by atoms with van der Waals surface area (Å²) in [5.74, 6) is -0.324. The van der Waals surface area contributed by atoms with Crippen molar-refractivity contribution in [3.63, 3.8) is 0 Å². The molecule has 6 unspecified atom stereocenters. The van der Waals surface area contributed by atoms with Crippen molar-refractivity contribution in [3.05, 3.63) is 48.6 Å². The van der Waals surface area contributed by atoms with E-state index < -0.39 is 43.4 Å². The topological polar surface area (TPSA) is 135 Å². The molecule has 0 spiro atoms. The quantitative estimate of drug-likeness (QED) is 0.0271. The van der Waals surface area contributed by atoms with Gasteiger partial charge in [0.15, 0.2) is 6.29 Å². The Morgan fingerprint density at radius 3 is 1.57 bits per heavy atom. The second-order valence-corrected chi connectivity index (χ2v) is 16.2. The van der Waals surface area contributed by atoms with Gasteiger partial charge >= 0.3 is 5.97 Å². The van der Waals surface area contributed by atoms with E-state index in [0.29, 0.717) is 13.0 Å². The molecule has 0 amide bonds. The molecular weight excluding hydrogens is 733 g/mol. The predicted molar refractivity (Wildman–Crippen MR) is 238 cm³/mol. The maximum absolute atomic E-state index is 12.8. The van der Waals surface area contributed by atoms with Crippen LogP contribution < -0.4 is 0 Å². The van der Waals surface area contributed by atoms with E-state index in [-0.39, 0.29) is 19.2 Å². The van der Waals surface area contributed by atoms with Gasteiger partial charge in [-0.2, -0.15) is 0 Å². The van der Waals surface area contributed by atoms with Crippen LogP contribution in [0.15, 0.2) is 48.6 Å². The van der Waals surface area contributed by atoms with Gasteiger partial charge < -0.3 is 39.4 Å². The molecule has 4 N–H and O–H groups in total. The summed E-state index contributed by atoms with van der Waals surface area (Å²) in [6, 6.07) is 0. The van der Waals surface area contributed by atoms with Crippen LogP contribution in [0.4, 0.5) is 0 Å². The highest BCUT2D eigenvalue weighted by molar-refractivity contribution is 5.69. The molecule has 1 saturated heterocycles. The highest BCUT2D eigenvalue weighted by Gasteiger charge is 2.44. The molecule has 0 radical (unpaired) electrons. The standard InChI is InChI=1S/C49H88O9/c1-3-5-7-9-11-13-15-17-18-19-20-21-22-23-24-25-26-27-28-30-32-34-36-38-45(51)57-43(42-56-49-48(54)47(53)46(52)44(40-50)58-49)41-55-39-37-35-33-31-29-16-14-12-10-8-6-4-2/h10,12,15,17,19-20,22-23,43-44,46-50,52-54H,3-9,11,13-14,16,18,21,24-42H2,1-2H3/b12-10-,17-15-,20-19-,23-22-. The van der Waals surface area contributed by atoms with Gasteiger partial charge in [-0.1, -0.05) is 165 Å². The van der Waals surface area contributed by atoms with E-state index in [0.717, 1.165) is 64.2 Å². The lowest BCUT2D eigenvalue weighted by atomic mass is 9.99. The molecule has 0 aromatic rings. The van der Waals surface area contributed by atoms with Crippen molar-refractivity contribution < 1.29 is 44.2 Å². The highest BCUT2D eigenvalue weighted by atomic mass is 16.7. The first-order valence-corrected chi connectivity index (χ1v) is 23.7. The van der Waals surface area contributed by atoms with E-state index >= 15 is 0 Å². The van der Waals surface area contributed by atoms with Crippen molar-refractivity contribution in [2.75, 3.05) is 26.4 Å². The Balaban J connectivity index is 2.22. The van der Waals surface area contributed by atoms with Gasteiger partial charge in [0.2, 0.25) is 0 Å². The molecule has 0 bridgehead atoms. The number of unbranched alkanes of at least 4 members (excludes halogenated alkanes) is 21. The van der Waals surface area contributed by atoms with Gasteiger partial charge in [-0.3, -0.25) is 4.79 Å². The van der Waals surface area contributed by atoms with Crippen LogP contribution in [0.2, 0.25) is 0 Å². The Hall–Kier alpha value is -1.85. The van der Waals surface area contributed by atoms with Crippen molar-refractivity contribution in [2.24, 2.45) is 0 Å². The van der Waals surface area contributed by atoms with Crippen LogP contribution in [0, 0.1) is 0 Å². The minimum absolute atomic E-state index is 0.120. The fraction of sp³-hybridized carbons (Fsp3) is 0.816. The summed E-state index contributed by atoms with van der Waals surface area (Å²) in [4.78, 5) is 12.8. The molecule has 0 saturated carbocycles. The Labute approximate surface area is 354 Å². The molecule has 1 heterocycles. The summed E-state index contributed by atoms with van der Waals surface area (Å²) in [5.41, 5.74) is 0. The van der Waals surface area contributed by atoms with Crippen LogP contribution in [-0.4, -0.2) is 89.6 Å². The van der Waals surface area contributed by atoms with Crippen LogP contribution in [-0.2, 0) is 23.7 Å². The Morgan fingerprint density at radius 2 is 1.02 bits per heavy atom. The molecule has 58 heavy (non-hydrogen) atoms. The normalized spacial score (nSPS) is 20.7. The summed E-state index contributed by atoms with van der Waals surface area (Å²) >= 11 is 0. The molecule has 0 aromatic heterocycles. The van der Waals surface area contributed by atoms with Crippen LogP contribution in [0.3, 0.4) is 0 Å². The number of carbonyl (C=O) groups is 1. The SMILES string of the molecule is CCCC/C=C\CCCCCCCCOCC(COC1OC(CO)C(O)C(O)C1O)OC(=O)CCCCCCCCCC/C=C\C/C=C\C/C=C\CCCCCCC. The number of esters is 1. The molecular formula is C49H88O9. The number of carbonyl (C=O) groups excluding carboxylic acids is 1. The third-order valence-corrected chi connectivity index (χ3v) is 10.7. The van der Waals surface area contributed by atoms with E-state index in [1.54, 1.807) is 0 Å². The minimum atomic E-state index is -1.54. The summed E-state index contributed by atoms with van der Waals surface area (Å²) < 4.78 is 22.8. The minimum Gasteiger partial charge on any atom is -0.457 e. The molecule has 1 aliphatic heterocycles. The number of rotatable bonds is 40. The predicted octanol–water partition coefficient (Wildman–Crippen LogP) is 10.9. The Kier molecular flexibility index (Phi) is 37.9. The monoisotopic (exact) mass is 821 g/mol. The van der Waals surface area contributed by atoms with Gasteiger partial charge in [-0.25, -0.2) is 0 Å². The van der Waals surface area contributed by atoms with Crippen molar-refractivity contribution >= 4 is 5.97 Å². The number of aliphatic hydroxyl groups is 4. The lowest BCUT2D eigenvalue weighted by Gasteiger charge is -2.39. The molecule has 9 heteroatoms. The van der Waals surface area contributed by atoms with Crippen LogP contribution in [0.5, 0.6) is 0 Å². The van der Waals surface area contributed by atoms with Crippen molar-refractivity contribution in [1.29, 1.82) is 0 Å². The molecule has 0 aliphatic carbocycles. The first-order valence-electron chi connectivity index (χ1n) is 23.7. The van der Waals surface area contributed by atoms with E-state index in [2.05, 4.69) is 62.5 Å². The zero-order valence-electron chi connectivity index (χ0n) is 37.0. The van der Waals surface area contributed by atoms with Gasteiger partial charge in [0.05, 0.1) is 19.8 Å². The maximum Gasteiger partial charge on any atom is 0.306 e. The fourth-order valence-electron chi connectivity index (χ4n) is 6.95. The Bertz CT molecular complexity index is 1030. The number of ether oxygens (including phenoxy) is 4. The number of hydrogen-bond donors (Lipinski definition) is 4. The summed E-state index contributed by atoms with van der Waals surface area (Å²) in [6.45, 7) is 4.49. The average molecular weight is 821 g/mol. The molecule has 1 rings (SSSR count). The van der Waals surface area contributed by atoms with Gasteiger partial charge in [-0.15, -0.1) is 0 Å². The van der Waals surface area contributed by atoms with Crippen molar-refractivity contribution in [1.82, 2.24) is 0 Å². The van der Waals surface area contributed by atoms with Gasteiger partial charge in [0.1, 0.15) is 30.5 Å². The zero-order chi connectivity index (χ0) is 42.2. The fourth-order valence-corrected chi connectivity index (χ4v) is 6.95. The van der Waals surface area contributed by atoms with E-state index in [1.807, 2.05) is 0 Å². The maximum atomic E-state index is 12.8. The summed E-state index contributed by atoms with van der Waals surface area (Å²) in [6.07, 6.45) is 42.8. The second kappa shape index (κ2) is 40.6. The second-order valence-electron chi connectivity index (χ2n) is 16.2. The molecule has 9 nitrogen and oxygen atoms in total. The lowest BCUT2D eigenvalue weighted by molar-refractivity contribution is -0.305. The average Bonchev–Trinajstić information content (AvgIpc) is 3.22. The van der Waals surface area contributed by atoms with Gasteiger partial charge in [0.25, 0.3) is 0 Å². The zero-order valence-corrected chi connectivity index (χ0v) is 37.0. The van der Waals surface area contributed by atoms with Crippen LogP contribution >= 0.6 is 0 Å². The largest absolute Gasteiger partial charge is 0.457 e. The summed E-state index contributed by atoms with van der Waals surface area (Å²) in [7, 11) is 0. The third-order valence-electron chi connectivity index (χ3n) is 10.7. The molecule has 0 aromatic carbocycles. The number of hydrogen-bond acceptors (Lipinski definition) is 9. The lowest BCUT2D eigenvalue weighted by Crippen LogP contribution is -2.59. The van der Waals surface area contributed by atoms with Crippen LogP contribution in [0.1, 0.15) is 194 Å². The van der Waals surface area contributed by atoms with E-state index in [9.17, 15) is 25.2 Å². The van der Waals surface area contributed by atoms with Crippen molar-refractivity contribution in [3.8, 4) is 0 Å². The number of allylic oxidation sites excluding steroid dienone is 8. The first-order chi connectivity index (χ1) is 28.4. The number of aliphatic hydroxyl groups excluding tert-OH is 4. The van der Waals surface area contributed by atoms with E-state index in [1.165, 1.54) is 109 Å². The molecule has 1 aliphatic rings. The van der Waals surface area contributed by atoms with Gasteiger partial charge in [-0.05, 0) is 70.6 Å². The molecule has 338 valence electrons. The molecule has 6 atom stereocenters. The first kappa shape index (κ1) is 54.2. The van der Waals surface area contributed by atoms with Crippen molar-refractivity contribution in [2.45, 2.75) is 230 Å².